The zero-order chi connectivity index (χ0) is 13.0. The third-order valence-corrected chi connectivity index (χ3v) is 3.45. The van der Waals surface area contributed by atoms with Crippen molar-refractivity contribution in [3.63, 3.8) is 0 Å². The van der Waals surface area contributed by atoms with E-state index in [4.69, 9.17) is 9.47 Å². The molecule has 0 unspecified atom stereocenters. The number of pyridine rings is 1. The van der Waals surface area contributed by atoms with E-state index in [1.54, 1.807) is 6.20 Å². The number of ether oxygens (including phenoxy) is 2. The summed E-state index contributed by atoms with van der Waals surface area (Å²) in [7, 11) is 1.45. The Hall–Kier alpha value is -1.58. The SMILES string of the molecule is COC(=O)C1CCC(Oc2ncccc2C)CC1. The lowest BCUT2D eigenvalue weighted by Gasteiger charge is -2.27. The van der Waals surface area contributed by atoms with Gasteiger partial charge in [0.15, 0.2) is 0 Å². The Morgan fingerprint density at radius 3 is 2.67 bits per heavy atom. The summed E-state index contributed by atoms with van der Waals surface area (Å²) in [6.07, 6.45) is 5.35. The van der Waals surface area contributed by atoms with Crippen LogP contribution in [0.4, 0.5) is 0 Å². The molecule has 2 rings (SSSR count). The van der Waals surface area contributed by atoms with Crippen LogP contribution in [-0.4, -0.2) is 24.2 Å². The second-order valence-corrected chi connectivity index (χ2v) is 4.74. The largest absolute Gasteiger partial charge is 0.474 e. The highest BCUT2D eigenvalue weighted by molar-refractivity contribution is 5.72. The summed E-state index contributed by atoms with van der Waals surface area (Å²) in [4.78, 5) is 15.6. The highest BCUT2D eigenvalue weighted by Crippen LogP contribution is 2.28. The van der Waals surface area contributed by atoms with Gasteiger partial charge in [-0.2, -0.15) is 0 Å². The monoisotopic (exact) mass is 249 g/mol. The van der Waals surface area contributed by atoms with Gasteiger partial charge in [-0.3, -0.25) is 4.79 Å². The topological polar surface area (TPSA) is 48.4 Å². The van der Waals surface area contributed by atoms with Crippen molar-refractivity contribution in [2.75, 3.05) is 7.11 Å². The molecule has 0 spiro atoms. The Morgan fingerprint density at radius 2 is 2.06 bits per heavy atom. The number of esters is 1. The smallest absolute Gasteiger partial charge is 0.308 e. The first-order chi connectivity index (χ1) is 8.70. The molecule has 0 bridgehead atoms. The predicted octanol–water partition coefficient (Wildman–Crippen LogP) is 2.50. The van der Waals surface area contributed by atoms with Crippen LogP contribution in [0.25, 0.3) is 0 Å². The van der Waals surface area contributed by atoms with Crippen LogP contribution >= 0.6 is 0 Å². The summed E-state index contributed by atoms with van der Waals surface area (Å²) >= 11 is 0. The van der Waals surface area contributed by atoms with Crippen LogP contribution in [0, 0.1) is 12.8 Å². The Balaban J connectivity index is 1.87. The maximum absolute atomic E-state index is 11.4. The molecule has 1 aliphatic rings. The van der Waals surface area contributed by atoms with Gasteiger partial charge in [0.1, 0.15) is 6.10 Å². The minimum atomic E-state index is -0.0949. The fraction of sp³-hybridized carbons (Fsp3) is 0.571. The van der Waals surface area contributed by atoms with Crippen LogP contribution in [0.3, 0.4) is 0 Å². The molecule has 0 aromatic carbocycles. The summed E-state index contributed by atoms with van der Waals surface area (Å²) in [5.41, 5.74) is 1.05. The number of nitrogens with zero attached hydrogens (tertiary/aromatic N) is 1. The molecular weight excluding hydrogens is 230 g/mol. The molecule has 1 heterocycles. The van der Waals surface area contributed by atoms with Gasteiger partial charge in [-0.25, -0.2) is 4.98 Å². The molecule has 0 aliphatic heterocycles. The highest BCUT2D eigenvalue weighted by atomic mass is 16.5. The predicted molar refractivity (Wildman–Crippen MR) is 67.4 cm³/mol. The molecule has 18 heavy (non-hydrogen) atoms. The zero-order valence-electron chi connectivity index (χ0n) is 10.9. The van der Waals surface area contributed by atoms with Crippen LogP contribution in [0.1, 0.15) is 31.2 Å². The molecule has 98 valence electrons. The summed E-state index contributed by atoms with van der Waals surface area (Å²) in [6.45, 7) is 1.99. The average molecular weight is 249 g/mol. The lowest BCUT2D eigenvalue weighted by Crippen LogP contribution is -2.28. The third kappa shape index (κ3) is 3.00. The Kier molecular flexibility index (Phi) is 4.18. The van der Waals surface area contributed by atoms with E-state index in [9.17, 15) is 4.79 Å². The number of rotatable bonds is 3. The highest BCUT2D eigenvalue weighted by Gasteiger charge is 2.28. The van der Waals surface area contributed by atoms with Gasteiger partial charge in [-0.15, -0.1) is 0 Å². The van der Waals surface area contributed by atoms with Gasteiger partial charge in [0, 0.05) is 11.8 Å². The molecule has 1 saturated carbocycles. The standard InChI is InChI=1S/C14H19NO3/c1-10-4-3-9-15-13(10)18-12-7-5-11(6-8-12)14(16)17-2/h3-4,9,11-12H,5-8H2,1-2H3. The van der Waals surface area contributed by atoms with Crippen LogP contribution in [0.5, 0.6) is 5.88 Å². The molecule has 0 N–H and O–H groups in total. The Morgan fingerprint density at radius 1 is 1.33 bits per heavy atom. The van der Waals surface area contributed by atoms with Crippen molar-refractivity contribution in [3.8, 4) is 5.88 Å². The van der Waals surface area contributed by atoms with Crippen molar-refractivity contribution in [1.29, 1.82) is 0 Å². The lowest BCUT2D eigenvalue weighted by atomic mass is 9.87. The Bertz CT molecular complexity index is 411. The second kappa shape index (κ2) is 5.85. The molecule has 4 heteroatoms. The first-order valence-electron chi connectivity index (χ1n) is 6.37. The van der Waals surface area contributed by atoms with Crippen molar-refractivity contribution >= 4 is 5.97 Å². The normalized spacial score (nSPS) is 23.4. The van der Waals surface area contributed by atoms with Gasteiger partial charge >= 0.3 is 5.97 Å². The van der Waals surface area contributed by atoms with E-state index in [0.29, 0.717) is 5.88 Å². The van der Waals surface area contributed by atoms with Gasteiger partial charge in [-0.05, 0) is 38.7 Å². The molecule has 0 atom stereocenters. The van der Waals surface area contributed by atoms with E-state index in [1.807, 2.05) is 19.1 Å². The molecule has 0 radical (unpaired) electrons. The number of methoxy groups -OCH3 is 1. The first-order valence-corrected chi connectivity index (χ1v) is 6.37. The average Bonchev–Trinajstić information content (AvgIpc) is 2.41. The molecule has 1 aliphatic carbocycles. The minimum absolute atomic E-state index is 0.0414. The van der Waals surface area contributed by atoms with Gasteiger partial charge in [0.05, 0.1) is 13.0 Å². The van der Waals surface area contributed by atoms with Crippen molar-refractivity contribution in [1.82, 2.24) is 4.98 Å². The summed E-state index contributed by atoms with van der Waals surface area (Å²) in [6, 6.07) is 3.89. The minimum Gasteiger partial charge on any atom is -0.474 e. The number of hydrogen-bond donors (Lipinski definition) is 0. The summed E-state index contributed by atoms with van der Waals surface area (Å²) in [5, 5.41) is 0. The van der Waals surface area contributed by atoms with E-state index >= 15 is 0 Å². The number of aromatic nitrogens is 1. The van der Waals surface area contributed by atoms with E-state index in [0.717, 1.165) is 31.2 Å². The van der Waals surface area contributed by atoms with Gasteiger partial charge < -0.3 is 9.47 Å². The molecule has 4 nitrogen and oxygen atoms in total. The van der Waals surface area contributed by atoms with Crippen LogP contribution in [0.15, 0.2) is 18.3 Å². The number of carbonyl (C=O) groups excluding carboxylic acids is 1. The van der Waals surface area contributed by atoms with Gasteiger partial charge in [0.25, 0.3) is 0 Å². The fourth-order valence-electron chi connectivity index (χ4n) is 2.34. The van der Waals surface area contributed by atoms with E-state index in [2.05, 4.69) is 4.98 Å². The van der Waals surface area contributed by atoms with Crippen molar-refractivity contribution < 1.29 is 14.3 Å². The number of aryl methyl sites for hydroxylation is 1. The first kappa shape index (κ1) is 12.9. The van der Waals surface area contributed by atoms with Gasteiger partial charge in [0.2, 0.25) is 5.88 Å². The maximum Gasteiger partial charge on any atom is 0.308 e. The van der Waals surface area contributed by atoms with Crippen LogP contribution < -0.4 is 4.74 Å². The van der Waals surface area contributed by atoms with Crippen LogP contribution in [0.2, 0.25) is 0 Å². The second-order valence-electron chi connectivity index (χ2n) is 4.74. The lowest BCUT2D eigenvalue weighted by molar-refractivity contribution is -0.147. The summed E-state index contributed by atoms with van der Waals surface area (Å²) < 4.78 is 10.7. The van der Waals surface area contributed by atoms with E-state index in [1.165, 1.54) is 7.11 Å². The van der Waals surface area contributed by atoms with E-state index in [-0.39, 0.29) is 18.0 Å². The molecule has 0 amide bonds. The molecular formula is C14H19NO3. The van der Waals surface area contributed by atoms with Gasteiger partial charge in [-0.1, -0.05) is 6.07 Å². The zero-order valence-corrected chi connectivity index (χ0v) is 10.9. The molecule has 0 saturated heterocycles. The molecule has 1 aromatic rings. The Labute approximate surface area is 107 Å². The molecule has 1 aromatic heterocycles. The van der Waals surface area contributed by atoms with Crippen molar-refractivity contribution in [3.05, 3.63) is 23.9 Å². The maximum atomic E-state index is 11.4. The van der Waals surface area contributed by atoms with Crippen LogP contribution in [-0.2, 0) is 9.53 Å². The third-order valence-electron chi connectivity index (χ3n) is 3.45. The summed E-state index contributed by atoms with van der Waals surface area (Å²) in [5.74, 6) is 0.654. The number of hydrogen-bond acceptors (Lipinski definition) is 4. The fourth-order valence-corrected chi connectivity index (χ4v) is 2.34. The number of carbonyl (C=O) groups is 1. The quantitative estimate of drug-likeness (QED) is 0.772. The van der Waals surface area contributed by atoms with Crippen molar-refractivity contribution in [2.24, 2.45) is 5.92 Å². The van der Waals surface area contributed by atoms with Crippen molar-refractivity contribution in [2.45, 2.75) is 38.7 Å². The van der Waals surface area contributed by atoms with E-state index < -0.39 is 0 Å². The molecule has 1 fully saturated rings.